The lowest BCUT2D eigenvalue weighted by molar-refractivity contribution is 0.195. The molecule has 2 unspecified atom stereocenters. The van der Waals surface area contributed by atoms with Crippen LogP contribution in [0.3, 0.4) is 0 Å². The van der Waals surface area contributed by atoms with Crippen molar-refractivity contribution in [1.29, 1.82) is 0 Å². The molecular weight excluding hydrogens is 362 g/mol. The zero-order chi connectivity index (χ0) is 18.4. The summed E-state index contributed by atoms with van der Waals surface area (Å²) in [7, 11) is 1.75. The second-order valence-corrected chi connectivity index (χ2v) is 8.15. The van der Waals surface area contributed by atoms with Gasteiger partial charge in [-0.2, -0.15) is 12.6 Å². The number of piperidine rings is 1. The molecule has 0 aliphatic carbocycles. The van der Waals surface area contributed by atoms with E-state index in [2.05, 4.69) is 47.8 Å². The van der Waals surface area contributed by atoms with E-state index < -0.39 is 0 Å². The van der Waals surface area contributed by atoms with E-state index in [-0.39, 0.29) is 0 Å². The number of benzene rings is 2. The van der Waals surface area contributed by atoms with Crippen molar-refractivity contribution in [3.63, 3.8) is 0 Å². The first-order valence-electron chi connectivity index (χ1n) is 9.43. The molecule has 0 aromatic heterocycles. The fourth-order valence-corrected chi connectivity index (χ4v) is 4.30. The van der Waals surface area contributed by atoms with E-state index in [9.17, 15) is 0 Å². The van der Waals surface area contributed by atoms with Crippen molar-refractivity contribution in [3.8, 4) is 11.1 Å². The molecule has 3 rings (SSSR count). The van der Waals surface area contributed by atoms with Gasteiger partial charge in [0.05, 0.1) is 0 Å². The molecule has 0 saturated carbocycles. The molecule has 0 bridgehead atoms. The minimum absolute atomic E-state index is 0.452. The number of halogens is 1. The quantitative estimate of drug-likeness (QED) is 0.511. The second kappa shape index (κ2) is 9.80. The molecule has 0 amide bonds. The van der Waals surface area contributed by atoms with Crippen LogP contribution in [0.15, 0.2) is 42.5 Å². The molecule has 1 fully saturated rings. The summed E-state index contributed by atoms with van der Waals surface area (Å²) in [6.45, 7) is 2.88. The highest BCUT2D eigenvalue weighted by atomic mass is 35.5. The van der Waals surface area contributed by atoms with Gasteiger partial charge in [-0.1, -0.05) is 48.0 Å². The highest BCUT2D eigenvalue weighted by Crippen LogP contribution is 2.31. The lowest BCUT2D eigenvalue weighted by Gasteiger charge is -2.29. The Balaban J connectivity index is 1.77. The minimum Gasteiger partial charge on any atom is -0.385 e. The third-order valence-corrected chi connectivity index (χ3v) is 6.26. The molecule has 1 aliphatic rings. The number of hydrogen-bond acceptors (Lipinski definition) is 3. The van der Waals surface area contributed by atoms with Crippen LogP contribution in [0.4, 0.5) is 0 Å². The van der Waals surface area contributed by atoms with Gasteiger partial charge >= 0.3 is 0 Å². The number of nitrogens with one attached hydrogen (secondary N) is 1. The summed E-state index contributed by atoms with van der Waals surface area (Å²) in [4.78, 5) is 0. The molecular formula is C22H28ClNOS. The first-order chi connectivity index (χ1) is 12.7. The van der Waals surface area contributed by atoms with Crippen molar-refractivity contribution in [2.45, 2.75) is 30.9 Å². The predicted molar refractivity (Wildman–Crippen MR) is 115 cm³/mol. The Bertz CT molecular complexity index is 721. The molecule has 4 heteroatoms. The second-order valence-electron chi connectivity index (χ2n) is 7.08. The molecule has 1 aliphatic heterocycles. The molecule has 1 heterocycles. The molecule has 2 aromatic rings. The number of ether oxygens (including phenoxy) is 1. The minimum atomic E-state index is 0.452. The zero-order valence-corrected chi connectivity index (χ0v) is 17.0. The number of rotatable bonds is 7. The Morgan fingerprint density at radius 2 is 2.04 bits per heavy atom. The van der Waals surface area contributed by atoms with E-state index in [4.69, 9.17) is 29.0 Å². The summed E-state index contributed by atoms with van der Waals surface area (Å²) in [5.41, 5.74) is 5.03. The monoisotopic (exact) mass is 389 g/mol. The highest BCUT2D eigenvalue weighted by molar-refractivity contribution is 7.81. The van der Waals surface area contributed by atoms with Crippen LogP contribution in [-0.2, 0) is 17.6 Å². The molecule has 140 valence electrons. The van der Waals surface area contributed by atoms with Crippen molar-refractivity contribution in [2.24, 2.45) is 5.92 Å². The molecule has 1 N–H and O–H groups in total. The molecule has 1 saturated heterocycles. The average Bonchev–Trinajstić information content (AvgIpc) is 2.66. The van der Waals surface area contributed by atoms with Gasteiger partial charge in [-0.25, -0.2) is 0 Å². The highest BCUT2D eigenvalue weighted by Gasteiger charge is 2.23. The predicted octanol–water partition coefficient (Wildman–Crippen LogP) is 5.04. The standard InChI is InChI=1S/C22H28ClNOS/c1-25-12-4-6-16-5-2-3-7-20(16)17-8-9-18(21(23)14-17)13-19-15-24-11-10-22(19)26/h2-3,5,7-9,14,19,22,24,26H,4,6,10-13,15H2,1H3. The molecule has 2 aromatic carbocycles. The van der Waals surface area contributed by atoms with Gasteiger partial charge in [0.1, 0.15) is 0 Å². The van der Waals surface area contributed by atoms with Crippen LogP contribution in [0, 0.1) is 5.92 Å². The Labute approximate surface area is 167 Å². The normalized spacial score (nSPS) is 20.3. The van der Waals surface area contributed by atoms with E-state index in [1.165, 1.54) is 22.3 Å². The lowest BCUT2D eigenvalue weighted by Crippen LogP contribution is -2.38. The van der Waals surface area contributed by atoms with E-state index >= 15 is 0 Å². The zero-order valence-electron chi connectivity index (χ0n) is 15.4. The third kappa shape index (κ3) is 5.04. The summed E-state index contributed by atoms with van der Waals surface area (Å²) in [6, 6.07) is 15.1. The Hall–Kier alpha value is -1.000. The largest absolute Gasteiger partial charge is 0.385 e. The van der Waals surface area contributed by atoms with Gasteiger partial charge in [-0.3, -0.25) is 0 Å². The van der Waals surface area contributed by atoms with Crippen LogP contribution in [0.5, 0.6) is 0 Å². The van der Waals surface area contributed by atoms with Gasteiger partial charge in [0.25, 0.3) is 0 Å². The van der Waals surface area contributed by atoms with Crippen LogP contribution < -0.4 is 5.32 Å². The molecule has 0 spiro atoms. The summed E-state index contributed by atoms with van der Waals surface area (Å²) in [6.07, 6.45) is 4.14. The number of thiol groups is 1. The Morgan fingerprint density at radius 3 is 2.81 bits per heavy atom. The Kier molecular flexibility index (Phi) is 7.44. The summed E-state index contributed by atoms with van der Waals surface area (Å²) < 4.78 is 5.19. The van der Waals surface area contributed by atoms with Gasteiger partial charge in [0.2, 0.25) is 0 Å². The SMILES string of the molecule is COCCCc1ccccc1-c1ccc(CC2CNCCC2S)c(Cl)c1. The Morgan fingerprint density at radius 1 is 1.19 bits per heavy atom. The van der Waals surface area contributed by atoms with Crippen LogP contribution in [0.25, 0.3) is 11.1 Å². The van der Waals surface area contributed by atoms with Crippen LogP contribution in [-0.4, -0.2) is 32.1 Å². The van der Waals surface area contributed by atoms with Crippen LogP contribution in [0.2, 0.25) is 5.02 Å². The van der Waals surface area contributed by atoms with Gasteiger partial charge in [0, 0.05) is 24.0 Å². The van der Waals surface area contributed by atoms with Gasteiger partial charge in [-0.05, 0) is 73.0 Å². The van der Waals surface area contributed by atoms with Gasteiger partial charge in [0.15, 0.2) is 0 Å². The molecule has 2 nitrogen and oxygen atoms in total. The third-order valence-electron chi connectivity index (χ3n) is 5.23. The van der Waals surface area contributed by atoms with Crippen LogP contribution in [0.1, 0.15) is 24.0 Å². The fourth-order valence-electron chi connectivity index (χ4n) is 3.71. The average molecular weight is 390 g/mol. The van der Waals surface area contributed by atoms with Crippen molar-refractivity contribution >= 4 is 24.2 Å². The summed E-state index contributed by atoms with van der Waals surface area (Å²) in [5.74, 6) is 0.539. The number of hydrogen-bond donors (Lipinski definition) is 2. The smallest absolute Gasteiger partial charge is 0.0465 e. The molecule has 26 heavy (non-hydrogen) atoms. The summed E-state index contributed by atoms with van der Waals surface area (Å²) in [5, 5.41) is 4.79. The van der Waals surface area contributed by atoms with E-state index in [1.54, 1.807) is 7.11 Å². The first kappa shape index (κ1) is 19.8. The van der Waals surface area contributed by atoms with Gasteiger partial charge in [-0.15, -0.1) is 0 Å². The van der Waals surface area contributed by atoms with E-state index in [1.807, 2.05) is 0 Å². The lowest BCUT2D eigenvalue weighted by atomic mass is 9.90. The van der Waals surface area contributed by atoms with E-state index in [0.717, 1.165) is 50.4 Å². The van der Waals surface area contributed by atoms with Gasteiger partial charge < -0.3 is 10.1 Å². The number of aryl methyl sites for hydroxylation is 1. The maximum absolute atomic E-state index is 6.66. The summed E-state index contributed by atoms with van der Waals surface area (Å²) >= 11 is 11.4. The fraction of sp³-hybridized carbons (Fsp3) is 0.455. The molecule has 0 radical (unpaired) electrons. The number of methoxy groups -OCH3 is 1. The van der Waals surface area contributed by atoms with Crippen molar-refractivity contribution in [3.05, 3.63) is 58.6 Å². The molecule has 2 atom stereocenters. The first-order valence-corrected chi connectivity index (χ1v) is 10.3. The van der Waals surface area contributed by atoms with E-state index in [0.29, 0.717) is 11.2 Å². The van der Waals surface area contributed by atoms with Crippen molar-refractivity contribution in [1.82, 2.24) is 5.32 Å². The topological polar surface area (TPSA) is 21.3 Å². The van der Waals surface area contributed by atoms with Crippen LogP contribution >= 0.6 is 24.2 Å². The maximum atomic E-state index is 6.66. The maximum Gasteiger partial charge on any atom is 0.0465 e. The van der Waals surface area contributed by atoms with Crippen molar-refractivity contribution < 1.29 is 4.74 Å². The van der Waals surface area contributed by atoms with Crippen molar-refractivity contribution in [2.75, 3.05) is 26.8 Å².